The zero-order chi connectivity index (χ0) is 22.1. The second-order valence-corrected chi connectivity index (χ2v) is 6.93. The van der Waals surface area contributed by atoms with Crippen molar-refractivity contribution in [2.45, 2.75) is 12.8 Å². The van der Waals surface area contributed by atoms with E-state index >= 15 is 0 Å². The maximum absolute atomic E-state index is 12.9. The van der Waals surface area contributed by atoms with Gasteiger partial charge in [-0.05, 0) is 47.9 Å². The highest BCUT2D eigenvalue weighted by Gasteiger charge is 2.22. The van der Waals surface area contributed by atoms with Gasteiger partial charge < -0.3 is 10.1 Å². The lowest BCUT2D eigenvalue weighted by Gasteiger charge is -2.17. The van der Waals surface area contributed by atoms with E-state index in [1.165, 1.54) is 0 Å². The molecule has 3 aromatic carbocycles. The van der Waals surface area contributed by atoms with Crippen LogP contribution in [-0.4, -0.2) is 31.2 Å². The summed E-state index contributed by atoms with van der Waals surface area (Å²) >= 11 is 0. The lowest BCUT2D eigenvalue weighted by molar-refractivity contribution is -0.126. The van der Waals surface area contributed by atoms with Gasteiger partial charge in [0.25, 0.3) is 5.91 Å². The van der Waals surface area contributed by atoms with Crippen LogP contribution in [0, 0.1) is 0 Å². The first kappa shape index (κ1) is 21.8. The molecule has 0 aromatic heterocycles. The molecule has 6 heteroatoms. The van der Waals surface area contributed by atoms with Crippen LogP contribution in [-0.2, 0) is 9.59 Å². The van der Waals surface area contributed by atoms with Crippen molar-refractivity contribution < 1.29 is 14.3 Å². The van der Waals surface area contributed by atoms with E-state index < -0.39 is 11.8 Å². The van der Waals surface area contributed by atoms with Crippen molar-refractivity contribution >= 4 is 17.5 Å². The number of rotatable bonds is 8. The van der Waals surface area contributed by atoms with Gasteiger partial charge in [-0.25, -0.2) is 5.43 Å². The first-order valence-electron chi connectivity index (χ1n) is 9.93. The van der Waals surface area contributed by atoms with Crippen molar-refractivity contribution in [2.24, 2.45) is 5.10 Å². The summed E-state index contributed by atoms with van der Waals surface area (Å²) in [5.74, 6) is -0.404. The van der Waals surface area contributed by atoms with Crippen molar-refractivity contribution in [1.29, 1.82) is 0 Å². The quantitative estimate of drug-likeness (QED) is 0.437. The number of ether oxygens (including phenoxy) is 1. The van der Waals surface area contributed by atoms with Crippen LogP contribution in [0.3, 0.4) is 0 Å². The summed E-state index contributed by atoms with van der Waals surface area (Å²) in [4.78, 5) is 25.2. The molecule has 2 amide bonds. The summed E-state index contributed by atoms with van der Waals surface area (Å²) in [5.41, 5.74) is 5.72. The lowest BCUT2D eigenvalue weighted by atomic mass is 9.90. The highest BCUT2D eigenvalue weighted by Crippen LogP contribution is 2.24. The fourth-order valence-corrected chi connectivity index (χ4v) is 3.14. The zero-order valence-corrected chi connectivity index (χ0v) is 17.5. The maximum Gasteiger partial charge on any atom is 0.259 e. The van der Waals surface area contributed by atoms with Crippen LogP contribution in [0.5, 0.6) is 5.75 Å². The molecule has 0 aliphatic heterocycles. The predicted molar refractivity (Wildman–Crippen MR) is 121 cm³/mol. The summed E-state index contributed by atoms with van der Waals surface area (Å²) in [6, 6.07) is 26.3. The standard InChI is InChI=1S/C25H25N3O3/c1-18(19-13-15-22(31-2)16-14-19)27-28-23(29)17-26-25(30)24(20-9-5-3-6-10-20)21-11-7-4-8-12-21/h3-16,24H,17H2,1-2H3,(H,26,30)(H,28,29)/b27-18+. The number of carbonyl (C=O) groups is 2. The number of benzene rings is 3. The van der Waals surface area contributed by atoms with Crippen molar-refractivity contribution in [3.63, 3.8) is 0 Å². The smallest absolute Gasteiger partial charge is 0.259 e. The Kier molecular flexibility index (Phi) is 7.54. The molecule has 0 aliphatic carbocycles. The predicted octanol–water partition coefficient (Wildman–Crippen LogP) is 3.48. The molecular weight excluding hydrogens is 390 g/mol. The summed E-state index contributed by atoms with van der Waals surface area (Å²) in [6.45, 7) is 1.62. The average Bonchev–Trinajstić information content (AvgIpc) is 2.83. The Balaban J connectivity index is 1.62. The van der Waals surface area contributed by atoms with Gasteiger partial charge in [0.05, 0.1) is 25.3 Å². The van der Waals surface area contributed by atoms with Gasteiger partial charge in [0.1, 0.15) is 5.75 Å². The van der Waals surface area contributed by atoms with E-state index in [9.17, 15) is 9.59 Å². The maximum atomic E-state index is 12.9. The highest BCUT2D eigenvalue weighted by molar-refractivity contribution is 5.99. The Labute approximate surface area is 182 Å². The normalized spacial score (nSPS) is 11.1. The van der Waals surface area contributed by atoms with Crippen molar-refractivity contribution in [3.05, 3.63) is 102 Å². The van der Waals surface area contributed by atoms with Crippen LogP contribution in [0.4, 0.5) is 0 Å². The van der Waals surface area contributed by atoms with Crippen LogP contribution in [0.1, 0.15) is 29.5 Å². The number of methoxy groups -OCH3 is 1. The molecule has 158 valence electrons. The monoisotopic (exact) mass is 415 g/mol. The molecule has 0 saturated heterocycles. The van der Waals surface area contributed by atoms with Crippen LogP contribution >= 0.6 is 0 Å². The summed E-state index contributed by atoms with van der Waals surface area (Å²) in [5, 5.41) is 6.84. The number of hydrogen-bond donors (Lipinski definition) is 2. The average molecular weight is 415 g/mol. The minimum absolute atomic E-state index is 0.172. The van der Waals surface area contributed by atoms with Crippen LogP contribution in [0.2, 0.25) is 0 Å². The second kappa shape index (κ2) is 10.7. The molecule has 31 heavy (non-hydrogen) atoms. The number of carbonyl (C=O) groups excluding carboxylic acids is 2. The third-order valence-corrected chi connectivity index (χ3v) is 4.81. The SMILES string of the molecule is COc1ccc(/C(C)=N/NC(=O)CNC(=O)C(c2ccccc2)c2ccccc2)cc1. The number of nitrogens with zero attached hydrogens (tertiary/aromatic N) is 1. The van der Waals surface area contributed by atoms with Gasteiger partial charge in [-0.1, -0.05) is 60.7 Å². The Morgan fingerprint density at radius 1 is 0.871 bits per heavy atom. The molecule has 0 spiro atoms. The second-order valence-electron chi connectivity index (χ2n) is 6.93. The number of nitrogens with one attached hydrogen (secondary N) is 2. The van der Waals surface area contributed by atoms with Gasteiger partial charge >= 0.3 is 0 Å². The minimum atomic E-state index is -0.500. The van der Waals surface area contributed by atoms with E-state index in [1.54, 1.807) is 14.0 Å². The summed E-state index contributed by atoms with van der Waals surface area (Å²) in [6.07, 6.45) is 0. The Morgan fingerprint density at radius 2 is 1.42 bits per heavy atom. The van der Waals surface area contributed by atoms with Crippen LogP contribution < -0.4 is 15.5 Å². The van der Waals surface area contributed by atoms with E-state index in [2.05, 4.69) is 15.8 Å². The molecule has 3 aromatic rings. The van der Waals surface area contributed by atoms with Crippen LogP contribution in [0.25, 0.3) is 0 Å². The third-order valence-electron chi connectivity index (χ3n) is 4.81. The van der Waals surface area contributed by atoms with Gasteiger partial charge in [0.15, 0.2) is 0 Å². The molecule has 0 bridgehead atoms. The molecule has 3 rings (SSSR count). The topological polar surface area (TPSA) is 79.8 Å². The van der Waals surface area contributed by atoms with Gasteiger partial charge in [0.2, 0.25) is 5.91 Å². The summed E-state index contributed by atoms with van der Waals surface area (Å²) < 4.78 is 5.13. The fraction of sp³-hybridized carbons (Fsp3) is 0.160. The molecule has 2 N–H and O–H groups in total. The van der Waals surface area contributed by atoms with E-state index in [0.29, 0.717) is 5.71 Å². The van der Waals surface area contributed by atoms with E-state index in [1.807, 2.05) is 84.9 Å². The Bertz CT molecular complexity index is 993. The van der Waals surface area contributed by atoms with Crippen LogP contribution in [0.15, 0.2) is 90.0 Å². The molecule has 0 radical (unpaired) electrons. The Morgan fingerprint density at radius 3 is 1.94 bits per heavy atom. The molecule has 0 fully saturated rings. The lowest BCUT2D eigenvalue weighted by Crippen LogP contribution is -2.38. The van der Waals surface area contributed by atoms with Crippen molar-refractivity contribution in [1.82, 2.24) is 10.7 Å². The Hall–Kier alpha value is -3.93. The molecule has 0 aliphatic rings. The zero-order valence-electron chi connectivity index (χ0n) is 17.5. The van der Waals surface area contributed by atoms with Crippen molar-refractivity contribution in [2.75, 3.05) is 13.7 Å². The van der Waals surface area contributed by atoms with E-state index in [-0.39, 0.29) is 12.5 Å². The number of hydrogen-bond acceptors (Lipinski definition) is 4. The van der Waals surface area contributed by atoms with Crippen molar-refractivity contribution in [3.8, 4) is 5.75 Å². The summed E-state index contributed by atoms with van der Waals surface area (Å²) in [7, 11) is 1.60. The van der Waals surface area contributed by atoms with Gasteiger partial charge in [-0.15, -0.1) is 0 Å². The number of hydrazone groups is 1. The minimum Gasteiger partial charge on any atom is -0.497 e. The molecule has 0 saturated carbocycles. The molecular formula is C25H25N3O3. The van der Waals surface area contributed by atoms with E-state index in [4.69, 9.17) is 4.74 Å². The van der Waals surface area contributed by atoms with Gasteiger partial charge in [-0.2, -0.15) is 5.10 Å². The largest absolute Gasteiger partial charge is 0.497 e. The molecule has 0 unspecified atom stereocenters. The first-order chi connectivity index (χ1) is 15.1. The first-order valence-corrected chi connectivity index (χ1v) is 9.93. The van der Waals surface area contributed by atoms with Gasteiger partial charge in [-0.3, -0.25) is 9.59 Å². The highest BCUT2D eigenvalue weighted by atomic mass is 16.5. The third kappa shape index (κ3) is 6.02. The van der Waals surface area contributed by atoms with E-state index in [0.717, 1.165) is 22.4 Å². The molecule has 0 heterocycles. The van der Waals surface area contributed by atoms with Gasteiger partial charge in [0, 0.05) is 0 Å². The molecule has 0 atom stereocenters. The molecule has 6 nitrogen and oxygen atoms in total. The fourth-order valence-electron chi connectivity index (χ4n) is 3.14. The number of amides is 2.